The SMILES string of the molecule is CC(C)(C)CC1CN(CCN2CCN(C(C)(C)C)CC2)C1. The zero-order valence-corrected chi connectivity index (χ0v) is 15.3. The number of piperazine rings is 1. The van der Waals surface area contributed by atoms with Crippen molar-refractivity contribution in [1.29, 1.82) is 0 Å². The number of nitrogens with zero attached hydrogens (tertiary/aromatic N) is 3. The molecule has 124 valence electrons. The van der Waals surface area contributed by atoms with Crippen LogP contribution in [0.25, 0.3) is 0 Å². The summed E-state index contributed by atoms with van der Waals surface area (Å²) >= 11 is 0. The summed E-state index contributed by atoms with van der Waals surface area (Å²) in [7, 11) is 0. The molecule has 2 aliphatic heterocycles. The number of hydrogen-bond acceptors (Lipinski definition) is 3. The van der Waals surface area contributed by atoms with Crippen LogP contribution in [0.2, 0.25) is 0 Å². The second-order valence-corrected chi connectivity index (χ2v) is 9.39. The Kier molecular flexibility index (Phi) is 5.38. The van der Waals surface area contributed by atoms with E-state index in [4.69, 9.17) is 0 Å². The minimum Gasteiger partial charge on any atom is -0.301 e. The van der Waals surface area contributed by atoms with Crippen molar-refractivity contribution >= 4 is 0 Å². The zero-order chi connectivity index (χ0) is 15.7. The lowest BCUT2D eigenvalue weighted by Gasteiger charge is -2.45. The third-order valence-corrected chi connectivity index (χ3v) is 4.99. The lowest BCUT2D eigenvalue weighted by molar-refractivity contribution is 0.0340. The summed E-state index contributed by atoms with van der Waals surface area (Å²) in [5, 5.41) is 0. The Hall–Kier alpha value is -0.120. The molecule has 2 fully saturated rings. The summed E-state index contributed by atoms with van der Waals surface area (Å²) in [4.78, 5) is 7.92. The number of rotatable bonds is 4. The van der Waals surface area contributed by atoms with Gasteiger partial charge in [-0.15, -0.1) is 0 Å². The molecule has 2 saturated heterocycles. The molecule has 2 aliphatic rings. The van der Waals surface area contributed by atoms with E-state index in [0.29, 0.717) is 11.0 Å². The molecule has 21 heavy (non-hydrogen) atoms. The Morgan fingerprint density at radius 2 is 1.29 bits per heavy atom. The molecule has 0 radical (unpaired) electrons. The first-order valence-corrected chi connectivity index (χ1v) is 8.83. The Bertz CT molecular complexity index is 312. The van der Waals surface area contributed by atoms with Crippen LogP contribution in [0.4, 0.5) is 0 Å². The van der Waals surface area contributed by atoms with Crippen molar-refractivity contribution in [2.45, 2.75) is 53.5 Å². The molecule has 0 atom stereocenters. The maximum absolute atomic E-state index is 2.65. The van der Waals surface area contributed by atoms with E-state index in [1.54, 1.807) is 0 Å². The first-order chi connectivity index (χ1) is 9.63. The molecule has 3 heteroatoms. The average molecular weight is 296 g/mol. The maximum atomic E-state index is 2.65. The predicted octanol–water partition coefficient (Wildman–Crippen LogP) is 2.77. The summed E-state index contributed by atoms with van der Waals surface area (Å²) in [6.45, 7) is 24.3. The maximum Gasteiger partial charge on any atom is 0.0126 e. The molecule has 2 heterocycles. The van der Waals surface area contributed by atoms with Gasteiger partial charge in [-0.1, -0.05) is 20.8 Å². The molecule has 0 N–H and O–H groups in total. The van der Waals surface area contributed by atoms with Gasteiger partial charge in [0.15, 0.2) is 0 Å². The minimum atomic E-state index is 0.337. The van der Waals surface area contributed by atoms with E-state index in [0.717, 1.165) is 5.92 Å². The smallest absolute Gasteiger partial charge is 0.0126 e. The monoisotopic (exact) mass is 295 g/mol. The van der Waals surface area contributed by atoms with Crippen LogP contribution in [0, 0.1) is 11.3 Å². The molecule has 0 saturated carbocycles. The highest BCUT2D eigenvalue weighted by Gasteiger charge is 2.31. The number of likely N-dealkylation sites (tertiary alicyclic amines) is 1. The molecule has 3 nitrogen and oxygen atoms in total. The molecular weight excluding hydrogens is 258 g/mol. The normalized spacial score (nSPS) is 24.3. The third kappa shape index (κ3) is 5.54. The van der Waals surface area contributed by atoms with Gasteiger partial charge in [0.25, 0.3) is 0 Å². The quantitative estimate of drug-likeness (QED) is 0.789. The summed E-state index contributed by atoms with van der Waals surface area (Å²) in [6.07, 6.45) is 1.38. The molecule has 0 unspecified atom stereocenters. The molecular formula is C18H37N3. The average Bonchev–Trinajstić information content (AvgIpc) is 2.30. The Morgan fingerprint density at radius 3 is 1.76 bits per heavy atom. The van der Waals surface area contributed by atoms with Crippen molar-refractivity contribution in [1.82, 2.24) is 14.7 Å². The van der Waals surface area contributed by atoms with Crippen LogP contribution in [0.15, 0.2) is 0 Å². The topological polar surface area (TPSA) is 9.72 Å². The van der Waals surface area contributed by atoms with Gasteiger partial charge < -0.3 is 4.90 Å². The molecule has 0 aromatic rings. The predicted molar refractivity (Wildman–Crippen MR) is 91.8 cm³/mol. The molecule has 2 rings (SSSR count). The first kappa shape index (κ1) is 17.2. The Labute approximate surface area is 132 Å². The highest BCUT2D eigenvalue weighted by molar-refractivity contribution is 4.85. The van der Waals surface area contributed by atoms with Crippen LogP contribution in [-0.2, 0) is 0 Å². The molecule has 0 bridgehead atoms. The van der Waals surface area contributed by atoms with Gasteiger partial charge in [-0.25, -0.2) is 0 Å². The second-order valence-electron chi connectivity index (χ2n) is 9.39. The lowest BCUT2D eigenvalue weighted by Crippen LogP contribution is -2.55. The number of hydrogen-bond donors (Lipinski definition) is 0. The molecule has 0 amide bonds. The van der Waals surface area contributed by atoms with Gasteiger partial charge in [-0.2, -0.15) is 0 Å². The fraction of sp³-hybridized carbons (Fsp3) is 1.00. The van der Waals surface area contributed by atoms with E-state index in [1.165, 1.54) is 58.8 Å². The van der Waals surface area contributed by atoms with Gasteiger partial charge in [-0.05, 0) is 38.5 Å². The second kappa shape index (κ2) is 6.55. The van der Waals surface area contributed by atoms with Crippen molar-refractivity contribution in [2.75, 3.05) is 52.4 Å². The van der Waals surface area contributed by atoms with Crippen molar-refractivity contribution < 1.29 is 0 Å². The van der Waals surface area contributed by atoms with Crippen LogP contribution >= 0.6 is 0 Å². The van der Waals surface area contributed by atoms with Gasteiger partial charge in [-0.3, -0.25) is 9.80 Å². The molecule has 0 spiro atoms. The van der Waals surface area contributed by atoms with Crippen LogP contribution in [0.5, 0.6) is 0 Å². The van der Waals surface area contributed by atoms with Gasteiger partial charge in [0.05, 0.1) is 0 Å². The van der Waals surface area contributed by atoms with Gasteiger partial charge in [0.1, 0.15) is 0 Å². The van der Waals surface area contributed by atoms with E-state index in [2.05, 4.69) is 56.2 Å². The third-order valence-electron chi connectivity index (χ3n) is 4.99. The fourth-order valence-electron chi connectivity index (χ4n) is 3.78. The zero-order valence-electron chi connectivity index (χ0n) is 15.3. The largest absolute Gasteiger partial charge is 0.301 e. The van der Waals surface area contributed by atoms with E-state index < -0.39 is 0 Å². The van der Waals surface area contributed by atoms with E-state index >= 15 is 0 Å². The fourth-order valence-corrected chi connectivity index (χ4v) is 3.78. The van der Waals surface area contributed by atoms with Gasteiger partial charge in [0, 0.05) is 57.9 Å². The van der Waals surface area contributed by atoms with Gasteiger partial charge in [0.2, 0.25) is 0 Å². The van der Waals surface area contributed by atoms with Crippen LogP contribution in [0.3, 0.4) is 0 Å². The Balaban J connectivity index is 1.58. The van der Waals surface area contributed by atoms with Crippen LogP contribution in [0.1, 0.15) is 48.0 Å². The van der Waals surface area contributed by atoms with Crippen molar-refractivity contribution in [3.05, 3.63) is 0 Å². The molecule has 0 aliphatic carbocycles. The lowest BCUT2D eigenvalue weighted by atomic mass is 9.81. The Morgan fingerprint density at radius 1 is 0.762 bits per heavy atom. The van der Waals surface area contributed by atoms with E-state index in [-0.39, 0.29) is 0 Å². The summed E-state index contributed by atoms with van der Waals surface area (Å²) in [5.74, 6) is 0.947. The van der Waals surface area contributed by atoms with Crippen molar-refractivity contribution in [3.63, 3.8) is 0 Å². The highest BCUT2D eigenvalue weighted by Crippen LogP contribution is 2.30. The first-order valence-electron chi connectivity index (χ1n) is 8.83. The van der Waals surface area contributed by atoms with Crippen molar-refractivity contribution in [2.24, 2.45) is 11.3 Å². The molecule has 0 aromatic carbocycles. The van der Waals surface area contributed by atoms with E-state index in [9.17, 15) is 0 Å². The van der Waals surface area contributed by atoms with Crippen LogP contribution in [-0.4, -0.2) is 72.6 Å². The minimum absolute atomic E-state index is 0.337. The molecule has 0 aromatic heterocycles. The highest BCUT2D eigenvalue weighted by atomic mass is 15.3. The summed E-state index contributed by atoms with van der Waals surface area (Å²) in [6, 6.07) is 0. The van der Waals surface area contributed by atoms with Crippen LogP contribution < -0.4 is 0 Å². The van der Waals surface area contributed by atoms with Crippen molar-refractivity contribution in [3.8, 4) is 0 Å². The van der Waals surface area contributed by atoms with Gasteiger partial charge >= 0.3 is 0 Å². The summed E-state index contributed by atoms with van der Waals surface area (Å²) in [5.41, 5.74) is 0.837. The van der Waals surface area contributed by atoms with E-state index in [1.807, 2.05) is 0 Å². The summed E-state index contributed by atoms with van der Waals surface area (Å²) < 4.78 is 0. The standard InChI is InChI=1S/C18H37N3/c1-17(2,3)13-16-14-20(15-16)8-7-19-9-11-21(12-10-19)18(4,5)6/h16H,7-15H2,1-6H3.